The Balaban J connectivity index is 2.24. The van der Waals surface area contributed by atoms with Gasteiger partial charge in [0.05, 0.1) is 0 Å². The molecule has 0 aliphatic rings. The van der Waals surface area contributed by atoms with Gasteiger partial charge < -0.3 is 10.5 Å². The molecule has 0 amide bonds. The Morgan fingerprint density at radius 3 is 2.42 bits per heavy atom. The van der Waals surface area contributed by atoms with Gasteiger partial charge in [-0.25, -0.2) is 0 Å². The highest BCUT2D eigenvalue weighted by Crippen LogP contribution is 2.30. The number of benzene rings is 2. The number of ether oxygens (including phenoxy) is 1. The van der Waals surface area contributed by atoms with E-state index in [9.17, 15) is 0 Å². The molecule has 0 fully saturated rings. The Bertz CT molecular complexity index is 570. The van der Waals surface area contributed by atoms with Gasteiger partial charge in [0.1, 0.15) is 12.4 Å². The van der Waals surface area contributed by atoms with Crippen LogP contribution in [0.4, 0.5) is 5.69 Å². The van der Waals surface area contributed by atoms with Crippen molar-refractivity contribution in [3.63, 3.8) is 0 Å². The Morgan fingerprint density at radius 2 is 1.84 bits per heavy atom. The van der Waals surface area contributed by atoms with Gasteiger partial charge in [0, 0.05) is 20.7 Å². The number of rotatable bonds is 3. The Labute approximate surface area is 126 Å². The predicted octanol–water partition coefficient (Wildman–Crippen LogP) is 4.88. The van der Waals surface area contributed by atoms with E-state index in [0.717, 1.165) is 37.6 Å². The third kappa shape index (κ3) is 3.23. The molecule has 0 spiro atoms. The number of nitrogens with two attached hydrogens (primary N) is 1. The summed E-state index contributed by atoms with van der Waals surface area (Å²) in [4.78, 5) is 0. The number of anilines is 1. The van der Waals surface area contributed by atoms with Gasteiger partial charge in [-0.1, -0.05) is 33.6 Å². The molecule has 2 rings (SSSR count). The molecule has 0 saturated heterocycles. The molecule has 0 bridgehead atoms. The average Bonchev–Trinajstić information content (AvgIpc) is 2.31. The number of halogens is 2. The van der Waals surface area contributed by atoms with Crippen LogP contribution in [0.3, 0.4) is 0 Å². The minimum atomic E-state index is 0.427. The van der Waals surface area contributed by atoms with Crippen LogP contribution < -0.4 is 10.5 Å². The number of nitrogen functional groups attached to an aromatic ring is 1. The smallest absolute Gasteiger partial charge is 0.125 e. The molecule has 2 aromatic carbocycles. The van der Waals surface area contributed by atoms with Crippen LogP contribution in [0, 0.1) is 13.8 Å². The summed E-state index contributed by atoms with van der Waals surface area (Å²) in [6.07, 6.45) is 0. The molecule has 19 heavy (non-hydrogen) atoms. The largest absolute Gasteiger partial charge is 0.488 e. The van der Waals surface area contributed by atoms with Crippen molar-refractivity contribution in [2.75, 3.05) is 5.73 Å². The SMILES string of the molecule is Cc1cc(Cl)cc(C)c1OCc1c(N)cccc1Br. The molecule has 0 heterocycles. The van der Waals surface area contributed by atoms with Crippen LogP contribution in [0.1, 0.15) is 16.7 Å². The fourth-order valence-corrected chi connectivity index (χ4v) is 2.82. The molecule has 100 valence electrons. The van der Waals surface area contributed by atoms with Crippen LogP contribution in [-0.4, -0.2) is 0 Å². The molecule has 0 radical (unpaired) electrons. The number of aryl methyl sites for hydroxylation is 2. The molecule has 2 nitrogen and oxygen atoms in total. The van der Waals surface area contributed by atoms with E-state index in [2.05, 4.69) is 15.9 Å². The Kier molecular flexibility index (Phi) is 4.38. The quantitative estimate of drug-likeness (QED) is 0.808. The molecule has 0 aromatic heterocycles. The van der Waals surface area contributed by atoms with E-state index in [1.54, 1.807) is 0 Å². The molecule has 0 aliphatic carbocycles. The van der Waals surface area contributed by atoms with Crippen molar-refractivity contribution in [1.29, 1.82) is 0 Å². The predicted molar refractivity (Wildman–Crippen MR) is 83.8 cm³/mol. The second-order valence-corrected chi connectivity index (χ2v) is 5.76. The molecule has 0 atom stereocenters. The van der Waals surface area contributed by atoms with Crippen LogP contribution >= 0.6 is 27.5 Å². The molecular weight excluding hydrogens is 326 g/mol. The van der Waals surface area contributed by atoms with Crippen molar-refractivity contribution >= 4 is 33.2 Å². The average molecular weight is 341 g/mol. The zero-order chi connectivity index (χ0) is 14.0. The van der Waals surface area contributed by atoms with Crippen molar-refractivity contribution in [2.24, 2.45) is 0 Å². The summed E-state index contributed by atoms with van der Waals surface area (Å²) in [5.41, 5.74) is 9.68. The van der Waals surface area contributed by atoms with Gasteiger partial charge in [-0.05, 0) is 49.2 Å². The van der Waals surface area contributed by atoms with Gasteiger partial charge in [0.25, 0.3) is 0 Å². The lowest BCUT2D eigenvalue weighted by Gasteiger charge is -2.14. The number of hydrogen-bond acceptors (Lipinski definition) is 2. The van der Waals surface area contributed by atoms with E-state index >= 15 is 0 Å². The molecule has 4 heteroatoms. The van der Waals surface area contributed by atoms with Crippen LogP contribution in [0.25, 0.3) is 0 Å². The van der Waals surface area contributed by atoms with E-state index in [4.69, 9.17) is 22.1 Å². The molecule has 2 aromatic rings. The molecule has 0 unspecified atom stereocenters. The summed E-state index contributed by atoms with van der Waals surface area (Å²) in [6, 6.07) is 9.52. The third-order valence-electron chi connectivity index (χ3n) is 2.94. The normalized spacial score (nSPS) is 10.5. The highest BCUT2D eigenvalue weighted by atomic mass is 79.9. The minimum Gasteiger partial charge on any atom is -0.488 e. The first-order valence-electron chi connectivity index (χ1n) is 5.91. The molecular formula is C15H15BrClNO. The maximum Gasteiger partial charge on any atom is 0.125 e. The van der Waals surface area contributed by atoms with Gasteiger partial charge in [-0.15, -0.1) is 0 Å². The summed E-state index contributed by atoms with van der Waals surface area (Å²) < 4.78 is 6.86. The molecule has 2 N–H and O–H groups in total. The zero-order valence-corrected chi connectivity index (χ0v) is 13.2. The summed E-state index contributed by atoms with van der Waals surface area (Å²) >= 11 is 9.49. The minimum absolute atomic E-state index is 0.427. The lowest BCUT2D eigenvalue weighted by Crippen LogP contribution is -2.03. The van der Waals surface area contributed by atoms with Gasteiger partial charge in [0.2, 0.25) is 0 Å². The van der Waals surface area contributed by atoms with Crippen molar-refractivity contribution in [1.82, 2.24) is 0 Å². The van der Waals surface area contributed by atoms with E-state index in [1.165, 1.54) is 0 Å². The van der Waals surface area contributed by atoms with Crippen LogP contribution in [-0.2, 0) is 6.61 Å². The molecule has 0 aliphatic heterocycles. The number of hydrogen-bond donors (Lipinski definition) is 1. The highest BCUT2D eigenvalue weighted by molar-refractivity contribution is 9.10. The summed E-state index contributed by atoms with van der Waals surface area (Å²) in [5.74, 6) is 0.861. The molecule has 0 saturated carbocycles. The van der Waals surface area contributed by atoms with E-state index in [1.807, 2.05) is 44.2 Å². The van der Waals surface area contributed by atoms with Crippen molar-refractivity contribution in [3.05, 3.63) is 56.5 Å². The Hall–Kier alpha value is -1.19. The fraction of sp³-hybridized carbons (Fsp3) is 0.200. The topological polar surface area (TPSA) is 35.2 Å². The first-order chi connectivity index (χ1) is 8.99. The van der Waals surface area contributed by atoms with Crippen LogP contribution in [0.15, 0.2) is 34.8 Å². The van der Waals surface area contributed by atoms with Crippen molar-refractivity contribution in [3.8, 4) is 5.75 Å². The lowest BCUT2D eigenvalue weighted by molar-refractivity contribution is 0.302. The Morgan fingerprint density at radius 1 is 1.21 bits per heavy atom. The van der Waals surface area contributed by atoms with Gasteiger partial charge >= 0.3 is 0 Å². The fourth-order valence-electron chi connectivity index (χ4n) is 2.00. The monoisotopic (exact) mass is 339 g/mol. The van der Waals surface area contributed by atoms with Crippen molar-refractivity contribution < 1.29 is 4.74 Å². The van der Waals surface area contributed by atoms with Gasteiger partial charge in [-0.3, -0.25) is 0 Å². The maximum absolute atomic E-state index is 6.01. The summed E-state index contributed by atoms with van der Waals surface area (Å²) in [5, 5.41) is 0.725. The summed E-state index contributed by atoms with van der Waals surface area (Å²) in [6.45, 7) is 4.39. The van der Waals surface area contributed by atoms with E-state index in [0.29, 0.717) is 6.61 Å². The van der Waals surface area contributed by atoms with Crippen LogP contribution in [0.2, 0.25) is 5.02 Å². The second-order valence-electron chi connectivity index (χ2n) is 4.47. The zero-order valence-electron chi connectivity index (χ0n) is 10.8. The van der Waals surface area contributed by atoms with E-state index < -0.39 is 0 Å². The van der Waals surface area contributed by atoms with E-state index in [-0.39, 0.29) is 0 Å². The maximum atomic E-state index is 6.01. The standard InChI is InChI=1S/C15H15BrClNO/c1-9-6-11(17)7-10(2)15(9)19-8-12-13(16)4-3-5-14(12)18/h3-7H,8,18H2,1-2H3. The van der Waals surface area contributed by atoms with Crippen LogP contribution in [0.5, 0.6) is 5.75 Å². The van der Waals surface area contributed by atoms with Gasteiger partial charge in [0.15, 0.2) is 0 Å². The van der Waals surface area contributed by atoms with Gasteiger partial charge in [-0.2, -0.15) is 0 Å². The first kappa shape index (κ1) is 14.2. The second kappa shape index (κ2) is 5.85. The lowest BCUT2D eigenvalue weighted by atomic mass is 10.1. The third-order valence-corrected chi connectivity index (χ3v) is 3.90. The highest BCUT2D eigenvalue weighted by Gasteiger charge is 2.09. The summed E-state index contributed by atoms with van der Waals surface area (Å²) in [7, 11) is 0. The first-order valence-corrected chi connectivity index (χ1v) is 7.08. The van der Waals surface area contributed by atoms with Crippen molar-refractivity contribution in [2.45, 2.75) is 20.5 Å².